The second-order valence-electron chi connectivity index (χ2n) is 25.6. The lowest BCUT2D eigenvalue weighted by molar-refractivity contribution is 0.649. The van der Waals surface area contributed by atoms with Crippen LogP contribution in [-0.2, 0) is 21.7 Å². The molecular formula is C78H59NO2. The monoisotopic (exact) mass is 1040 g/mol. The summed E-state index contributed by atoms with van der Waals surface area (Å²) < 4.78 is 13.6. The Morgan fingerprint density at radius 1 is 0.272 bits per heavy atom. The van der Waals surface area contributed by atoms with E-state index in [1.54, 1.807) is 0 Å². The Morgan fingerprint density at radius 2 is 0.679 bits per heavy atom. The zero-order valence-electron chi connectivity index (χ0n) is 47.0. The zero-order valence-corrected chi connectivity index (χ0v) is 47.0. The molecule has 4 aliphatic rings. The first-order valence-corrected chi connectivity index (χ1v) is 28.8. The van der Waals surface area contributed by atoms with E-state index in [1.807, 2.05) is 0 Å². The molecular weight excluding hydrogens is 983 g/mol. The van der Waals surface area contributed by atoms with Crippen molar-refractivity contribution in [2.75, 3.05) is 4.90 Å². The summed E-state index contributed by atoms with van der Waals surface area (Å²) in [5.41, 5.74) is 31.9. The van der Waals surface area contributed by atoms with Crippen LogP contribution >= 0.6 is 0 Å². The van der Waals surface area contributed by atoms with Crippen LogP contribution in [0.5, 0.6) is 0 Å². The predicted octanol–water partition coefficient (Wildman–Crippen LogP) is 21.5. The molecule has 0 saturated carbocycles. The lowest BCUT2D eigenvalue weighted by Crippen LogP contribution is -2.18. The molecule has 0 unspecified atom stereocenters. The average Bonchev–Trinajstić information content (AvgIpc) is 4.31. The Bertz CT molecular complexity index is 4670. The van der Waals surface area contributed by atoms with Crippen LogP contribution in [-0.4, -0.2) is 0 Å². The van der Waals surface area contributed by atoms with Crippen LogP contribution in [0.3, 0.4) is 0 Å². The van der Waals surface area contributed by atoms with Crippen LogP contribution in [0, 0.1) is 0 Å². The summed E-state index contributed by atoms with van der Waals surface area (Å²) in [4.78, 5) is 2.55. The zero-order chi connectivity index (χ0) is 54.6. The van der Waals surface area contributed by atoms with Crippen molar-refractivity contribution in [3.8, 4) is 66.8 Å². The lowest BCUT2D eigenvalue weighted by Gasteiger charge is -2.31. The molecule has 388 valence electrons. The lowest BCUT2D eigenvalue weighted by atomic mass is 9.79. The van der Waals surface area contributed by atoms with Crippen LogP contribution in [0.4, 0.5) is 17.1 Å². The Morgan fingerprint density at radius 3 is 1.17 bits per heavy atom. The fraction of sp³-hybridized carbons (Fsp3) is 0.154. The first kappa shape index (κ1) is 46.7. The summed E-state index contributed by atoms with van der Waals surface area (Å²) in [6, 6.07) is 79.7. The number of nitrogens with zero attached hydrogens (tertiary/aromatic N) is 1. The first-order valence-electron chi connectivity index (χ1n) is 28.8. The van der Waals surface area contributed by atoms with E-state index >= 15 is 0 Å². The highest BCUT2D eigenvalue weighted by Crippen LogP contribution is 2.61. The Balaban J connectivity index is 0.845. The number of anilines is 3. The fourth-order valence-electron chi connectivity index (χ4n) is 15.5. The second kappa shape index (κ2) is 15.8. The van der Waals surface area contributed by atoms with E-state index in [1.165, 1.54) is 122 Å². The van der Waals surface area contributed by atoms with Gasteiger partial charge in [0.25, 0.3) is 0 Å². The molecule has 13 aromatic rings. The third-order valence-corrected chi connectivity index (χ3v) is 19.9. The van der Waals surface area contributed by atoms with Gasteiger partial charge in [-0.25, -0.2) is 0 Å². The van der Waals surface area contributed by atoms with Crippen LogP contribution in [0.25, 0.3) is 111 Å². The third-order valence-electron chi connectivity index (χ3n) is 19.9. The molecule has 2 aromatic heterocycles. The smallest absolute Gasteiger partial charge is 0.143 e. The van der Waals surface area contributed by atoms with Crippen molar-refractivity contribution in [3.05, 3.63) is 257 Å². The molecule has 3 heteroatoms. The largest absolute Gasteiger partial charge is 0.455 e. The van der Waals surface area contributed by atoms with Gasteiger partial charge in [0.1, 0.15) is 22.3 Å². The van der Waals surface area contributed by atoms with Gasteiger partial charge in [-0.05, 0) is 167 Å². The van der Waals surface area contributed by atoms with Gasteiger partial charge in [-0.3, -0.25) is 0 Å². The number of furan rings is 2. The highest BCUT2D eigenvalue weighted by molar-refractivity contribution is 6.14. The van der Waals surface area contributed by atoms with Crippen molar-refractivity contribution in [3.63, 3.8) is 0 Å². The molecule has 0 bridgehead atoms. The minimum absolute atomic E-state index is 0.209. The van der Waals surface area contributed by atoms with Gasteiger partial charge in [-0.1, -0.05) is 195 Å². The molecule has 0 amide bonds. The van der Waals surface area contributed by atoms with Crippen LogP contribution in [0.1, 0.15) is 99.9 Å². The topological polar surface area (TPSA) is 29.5 Å². The molecule has 17 rings (SSSR count). The molecule has 81 heavy (non-hydrogen) atoms. The Labute approximate surface area is 472 Å². The standard InChI is InChI=1S/C78H59NO2/c1-75(2)60-34-32-53-51-23-15-17-25-69(51)80-73(53)71(60)58-42-64-56(40-66(58)75)49-30-28-47(38-62(49)77(64,5)6)79(68-36-27-46(44-19-11-9-12-20-44)37-55(68)45-21-13-10-14-22-45)48-29-31-50-57-41-67-59(43-65(57)78(7,8)63(50)39-48)72-61(76(67,3)4)35-33-54-52-24-16-18-26-70(52)81-74(54)72/h9-43H,1-8H3. The summed E-state index contributed by atoms with van der Waals surface area (Å²) in [6.45, 7) is 19.2. The van der Waals surface area contributed by atoms with Gasteiger partial charge in [0.2, 0.25) is 0 Å². The van der Waals surface area contributed by atoms with E-state index in [-0.39, 0.29) is 21.7 Å². The summed E-state index contributed by atoms with van der Waals surface area (Å²) in [6.07, 6.45) is 0. The van der Waals surface area contributed by atoms with Gasteiger partial charge >= 0.3 is 0 Å². The minimum Gasteiger partial charge on any atom is -0.455 e. The van der Waals surface area contributed by atoms with Crippen LogP contribution in [0.15, 0.2) is 221 Å². The minimum atomic E-state index is -0.308. The van der Waals surface area contributed by atoms with E-state index in [2.05, 4.69) is 273 Å². The molecule has 4 aliphatic carbocycles. The van der Waals surface area contributed by atoms with E-state index in [9.17, 15) is 0 Å². The average molecular weight is 1040 g/mol. The van der Waals surface area contributed by atoms with Crippen molar-refractivity contribution in [2.24, 2.45) is 0 Å². The summed E-state index contributed by atoms with van der Waals surface area (Å²) >= 11 is 0. The van der Waals surface area contributed by atoms with E-state index < -0.39 is 0 Å². The molecule has 0 aliphatic heterocycles. The molecule has 0 radical (unpaired) electrons. The van der Waals surface area contributed by atoms with Crippen molar-refractivity contribution in [1.29, 1.82) is 0 Å². The maximum atomic E-state index is 6.79. The maximum absolute atomic E-state index is 6.79. The number of hydrogen-bond donors (Lipinski definition) is 0. The van der Waals surface area contributed by atoms with Crippen molar-refractivity contribution >= 4 is 60.9 Å². The fourth-order valence-corrected chi connectivity index (χ4v) is 15.5. The summed E-state index contributed by atoms with van der Waals surface area (Å²) in [5, 5.41) is 4.68. The van der Waals surface area contributed by atoms with Gasteiger partial charge in [-0.15, -0.1) is 0 Å². The van der Waals surface area contributed by atoms with Gasteiger partial charge in [0.05, 0.1) is 5.69 Å². The Kier molecular flexibility index (Phi) is 9.11. The van der Waals surface area contributed by atoms with Crippen LogP contribution in [0.2, 0.25) is 0 Å². The Hall–Kier alpha value is -9.18. The summed E-state index contributed by atoms with van der Waals surface area (Å²) in [5.74, 6) is 0. The molecule has 0 N–H and O–H groups in total. The maximum Gasteiger partial charge on any atom is 0.143 e. The van der Waals surface area contributed by atoms with Gasteiger partial charge in [-0.2, -0.15) is 0 Å². The highest BCUT2D eigenvalue weighted by atomic mass is 16.3. The molecule has 2 heterocycles. The van der Waals surface area contributed by atoms with Crippen molar-refractivity contribution in [2.45, 2.75) is 77.0 Å². The molecule has 0 spiro atoms. The first-order chi connectivity index (χ1) is 39.2. The molecule has 11 aromatic carbocycles. The van der Waals surface area contributed by atoms with Gasteiger partial charge in [0.15, 0.2) is 0 Å². The molecule has 0 saturated heterocycles. The number of hydrogen-bond acceptors (Lipinski definition) is 3. The molecule has 3 nitrogen and oxygen atoms in total. The number of para-hydroxylation sites is 2. The van der Waals surface area contributed by atoms with Gasteiger partial charge < -0.3 is 13.7 Å². The normalized spacial score (nSPS) is 15.8. The number of rotatable bonds is 5. The molecule has 0 fully saturated rings. The third kappa shape index (κ3) is 6.14. The summed E-state index contributed by atoms with van der Waals surface area (Å²) in [7, 11) is 0. The predicted molar refractivity (Wildman–Crippen MR) is 337 cm³/mol. The number of fused-ring (bicyclic) bond motifs is 20. The van der Waals surface area contributed by atoms with Gasteiger partial charge in [0, 0.05) is 71.3 Å². The SMILES string of the molecule is CC1(C)c2cc(N(c3ccc4c(c3)C(C)(C)c3cc5c(cc3-4)C(C)(C)c3ccc4c(oc6ccccc64)c3-5)c3ccc(-c4ccccc4)cc3-c3ccccc3)ccc2-c2cc3c(cc21)-c1c(ccc2c1oc1ccccc12)C3(C)C. The van der Waals surface area contributed by atoms with E-state index in [4.69, 9.17) is 8.83 Å². The second-order valence-corrected chi connectivity index (χ2v) is 25.6. The highest BCUT2D eigenvalue weighted by Gasteiger charge is 2.45. The van der Waals surface area contributed by atoms with E-state index in [0.717, 1.165) is 50.2 Å². The molecule has 0 atom stereocenters. The van der Waals surface area contributed by atoms with Crippen LogP contribution < -0.4 is 4.90 Å². The van der Waals surface area contributed by atoms with Crippen molar-refractivity contribution < 1.29 is 8.83 Å². The number of benzene rings is 11. The van der Waals surface area contributed by atoms with E-state index in [0.29, 0.717) is 0 Å². The van der Waals surface area contributed by atoms with Crippen molar-refractivity contribution in [1.82, 2.24) is 0 Å². The quantitative estimate of drug-likeness (QED) is 0.172.